The van der Waals surface area contributed by atoms with Crippen molar-refractivity contribution in [2.75, 3.05) is 13.1 Å². The van der Waals surface area contributed by atoms with Crippen molar-refractivity contribution in [2.24, 2.45) is 11.8 Å². The molecule has 29 heavy (non-hydrogen) atoms. The molecule has 0 spiro atoms. The second-order valence-electron chi connectivity index (χ2n) is 7.74. The molecule has 2 atom stereocenters. The zero-order valence-corrected chi connectivity index (χ0v) is 16.3. The monoisotopic (exact) mass is 394 g/mol. The molecule has 1 saturated carbocycles. The number of carbonyl (C=O) groups is 2. The molecular formula is C22H26N4O3. The number of hydrogen-bond donors (Lipinski definition) is 2. The number of carbonyl (C=O) groups excluding carboxylic acids is 2. The third-order valence-electron chi connectivity index (χ3n) is 5.75. The van der Waals surface area contributed by atoms with Crippen LogP contribution in [0.15, 0.2) is 48.8 Å². The lowest BCUT2D eigenvalue weighted by Crippen LogP contribution is -2.39. The average Bonchev–Trinajstić information content (AvgIpc) is 3.31. The fourth-order valence-corrected chi connectivity index (χ4v) is 3.99. The van der Waals surface area contributed by atoms with Gasteiger partial charge in [-0.1, -0.05) is 30.3 Å². The van der Waals surface area contributed by atoms with Crippen molar-refractivity contribution < 1.29 is 14.3 Å². The Morgan fingerprint density at radius 3 is 2.76 bits per heavy atom. The third kappa shape index (κ3) is 5.25. The molecule has 2 N–H and O–H groups in total. The Labute approximate surface area is 170 Å². The molecule has 1 aliphatic carbocycles. The van der Waals surface area contributed by atoms with Crippen LogP contribution in [-0.2, 0) is 16.1 Å². The van der Waals surface area contributed by atoms with E-state index >= 15 is 0 Å². The fourth-order valence-electron chi connectivity index (χ4n) is 3.99. The predicted molar refractivity (Wildman–Crippen MR) is 109 cm³/mol. The van der Waals surface area contributed by atoms with Crippen LogP contribution < -0.4 is 5.32 Å². The number of amides is 2. The number of alkyl carbamates (subject to hydrolysis) is 1. The van der Waals surface area contributed by atoms with Gasteiger partial charge in [0.2, 0.25) is 5.91 Å². The number of aromatic nitrogens is 2. The van der Waals surface area contributed by atoms with Crippen molar-refractivity contribution in [1.82, 2.24) is 20.4 Å². The Morgan fingerprint density at radius 1 is 1.24 bits per heavy atom. The summed E-state index contributed by atoms with van der Waals surface area (Å²) >= 11 is 0. The van der Waals surface area contributed by atoms with Gasteiger partial charge in [-0.2, -0.15) is 5.10 Å². The van der Waals surface area contributed by atoms with Crippen LogP contribution in [0.3, 0.4) is 0 Å². The Morgan fingerprint density at radius 2 is 2.03 bits per heavy atom. The highest BCUT2D eigenvalue weighted by molar-refractivity contribution is 5.91. The molecule has 2 aliphatic rings. The lowest BCUT2D eigenvalue weighted by atomic mass is 9.91. The summed E-state index contributed by atoms with van der Waals surface area (Å²) in [5.41, 5.74) is 1.87. The first-order valence-electron chi connectivity index (χ1n) is 10.1. The van der Waals surface area contributed by atoms with Crippen LogP contribution in [-0.4, -0.2) is 46.2 Å². The van der Waals surface area contributed by atoms with Crippen molar-refractivity contribution in [3.05, 3.63) is 59.9 Å². The summed E-state index contributed by atoms with van der Waals surface area (Å²) in [5.74, 6) is 1.09. The Bertz CT molecular complexity index is 842. The van der Waals surface area contributed by atoms with Crippen LogP contribution in [0.1, 0.15) is 30.4 Å². The van der Waals surface area contributed by atoms with Crippen LogP contribution in [0.2, 0.25) is 0 Å². The number of nitrogens with zero attached hydrogens (tertiary/aromatic N) is 2. The SMILES string of the molecule is O=C(NC1CC1C1CCN(C(=O)/C=C/c2cn[nH]c2)CC1)OCc1ccccc1. The Hall–Kier alpha value is -3.09. The number of piperidine rings is 1. The van der Waals surface area contributed by atoms with Crippen molar-refractivity contribution in [3.63, 3.8) is 0 Å². The summed E-state index contributed by atoms with van der Waals surface area (Å²) in [4.78, 5) is 26.2. The minimum atomic E-state index is -0.349. The summed E-state index contributed by atoms with van der Waals surface area (Å²) in [6, 6.07) is 9.87. The van der Waals surface area contributed by atoms with Crippen LogP contribution in [0.25, 0.3) is 6.08 Å². The summed E-state index contributed by atoms with van der Waals surface area (Å²) < 4.78 is 5.30. The van der Waals surface area contributed by atoms with Crippen LogP contribution >= 0.6 is 0 Å². The first-order chi connectivity index (χ1) is 14.2. The molecule has 2 amide bonds. The van der Waals surface area contributed by atoms with Gasteiger partial charge in [0, 0.05) is 37.0 Å². The van der Waals surface area contributed by atoms with Gasteiger partial charge in [0.15, 0.2) is 0 Å². The van der Waals surface area contributed by atoms with Gasteiger partial charge in [-0.05, 0) is 42.7 Å². The van der Waals surface area contributed by atoms with E-state index in [1.165, 1.54) is 0 Å². The lowest BCUT2D eigenvalue weighted by molar-refractivity contribution is -0.127. The van der Waals surface area contributed by atoms with Crippen LogP contribution in [0.5, 0.6) is 0 Å². The van der Waals surface area contributed by atoms with Gasteiger partial charge in [0.25, 0.3) is 0 Å². The molecule has 1 aromatic carbocycles. The number of likely N-dealkylation sites (tertiary alicyclic amines) is 1. The molecule has 1 aromatic heterocycles. The van der Waals surface area contributed by atoms with Crippen molar-refractivity contribution >= 4 is 18.1 Å². The third-order valence-corrected chi connectivity index (χ3v) is 5.75. The highest BCUT2D eigenvalue weighted by Crippen LogP contribution is 2.42. The molecule has 2 fully saturated rings. The fraction of sp³-hybridized carbons (Fsp3) is 0.409. The van der Waals surface area contributed by atoms with Gasteiger partial charge < -0.3 is 15.0 Å². The highest BCUT2D eigenvalue weighted by atomic mass is 16.5. The van der Waals surface area contributed by atoms with E-state index in [1.807, 2.05) is 35.2 Å². The van der Waals surface area contributed by atoms with E-state index in [9.17, 15) is 9.59 Å². The molecular weight excluding hydrogens is 368 g/mol. The summed E-state index contributed by atoms with van der Waals surface area (Å²) in [6.45, 7) is 1.82. The Balaban J connectivity index is 1.15. The van der Waals surface area contributed by atoms with Crippen molar-refractivity contribution in [2.45, 2.75) is 31.9 Å². The number of nitrogens with one attached hydrogen (secondary N) is 2. The molecule has 0 bridgehead atoms. The van der Waals surface area contributed by atoms with Crippen LogP contribution in [0.4, 0.5) is 4.79 Å². The maximum Gasteiger partial charge on any atom is 0.407 e. The lowest BCUT2D eigenvalue weighted by Gasteiger charge is -2.31. The maximum atomic E-state index is 12.3. The van der Waals surface area contributed by atoms with E-state index in [4.69, 9.17) is 4.74 Å². The number of hydrogen-bond acceptors (Lipinski definition) is 4. The van der Waals surface area contributed by atoms with E-state index < -0.39 is 0 Å². The molecule has 152 valence electrons. The summed E-state index contributed by atoms with van der Waals surface area (Å²) in [5, 5.41) is 9.57. The van der Waals surface area contributed by atoms with E-state index in [-0.39, 0.29) is 24.6 Å². The van der Waals surface area contributed by atoms with E-state index in [0.29, 0.717) is 11.8 Å². The molecule has 0 radical (unpaired) electrons. The smallest absolute Gasteiger partial charge is 0.407 e. The minimum Gasteiger partial charge on any atom is -0.445 e. The van der Waals surface area contributed by atoms with E-state index in [2.05, 4.69) is 15.5 Å². The quantitative estimate of drug-likeness (QED) is 0.738. The van der Waals surface area contributed by atoms with Crippen molar-refractivity contribution in [3.8, 4) is 0 Å². The minimum absolute atomic E-state index is 0.0413. The topological polar surface area (TPSA) is 87.3 Å². The number of rotatable bonds is 6. The van der Waals surface area contributed by atoms with E-state index in [0.717, 1.165) is 43.5 Å². The second kappa shape index (κ2) is 8.94. The number of aromatic amines is 1. The van der Waals surface area contributed by atoms with Crippen molar-refractivity contribution in [1.29, 1.82) is 0 Å². The molecule has 2 heterocycles. The number of H-pyrrole nitrogens is 1. The Kier molecular flexibility index (Phi) is 5.93. The summed E-state index contributed by atoms with van der Waals surface area (Å²) in [7, 11) is 0. The molecule has 2 aromatic rings. The zero-order chi connectivity index (χ0) is 20.1. The molecule has 1 saturated heterocycles. The first-order valence-corrected chi connectivity index (χ1v) is 10.1. The van der Waals surface area contributed by atoms with Gasteiger partial charge in [0.1, 0.15) is 6.61 Å². The average molecular weight is 394 g/mol. The first kappa shape index (κ1) is 19.2. The number of ether oxygens (including phenoxy) is 1. The molecule has 2 unspecified atom stereocenters. The molecule has 4 rings (SSSR count). The van der Waals surface area contributed by atoms with E-state index in [1.54, 1.807) is 24.5 Å². The van der Waals surface area contributed by atoms with Gasteiger partial charge >= 0.3 is 6.09 Å². The number of benzene rings is 1. The molecule has 7 nitrogen and oxygen atoms in total. The molecule has 7 heteroatoms. The van der Waals surface area contributed by atoms with Gasteiger partial charge in [-0.3, -0.25) is 9.89 Å². The zero-order valence-electron chi connectivity index (χ0n) is 16.3. The standard InChI is InChI=1S/C22H26N4O3/c27-21(7-6-17-13-23-24-14-17)26-10-8-18(9-11-26)19-12-20(19)25-22(28)29-15-16-4-2-1-3-5-16/h1-7,13-14,18-20H,8-12,15H2,(H,23,24)(H,25,28)/b7-6+. The summed E-state index contributed by atoms with van der Waals surface area (Å²) in [6.07, 6.45) is 9.43. The predicted octanol–water partition coefficient (Wildman–Crippen LogP) is 2.98. The molecule has 1 aliphatic heterocycles. The highest BCUT2D eigenvalue weighted by Gasteiger charge is 2.45. The van der Waals surface area contributed by atoms with Gasteiger partial charge in [-0.15, -0.1) is 0 Å². The second-order valence-corrected chi connectivity index (χ2v) is 7.74. The van der Waals surface area contributed by atoms with Crippen LogP contribution in [0, 0.1) is 11.8 Å². The van der Waals surface area contributed by atoms with Gasteiger partial charge in [0.05, 0.1) is 6.20 Å². The van der Waals surface area contributed by atoms with Gasteiger partial charge in [-0.25, -0.2) is 4.79 Å². The largest absolute Gasteiger partial charge is 0.445 e. The normalized spacial score (nSPS) is 21.9. The maximum absolute atomic E-state index is 12.3.